The lowest BCUT2D eigenvalue weighted by molar-refractivity contribution is -0.114. The number of hydrogen-bond donors (Lipinski definition) is 1. The van der Waals surface area contributed by atoms with E-state index in [0.717, 1.165) is 28.3 Å². The fourth-order valence-corrected chi connectivity index (χ4v) is 3.33. The number of fused-ring (bicyclic) bond motifs is 2. The summed E-state index contributed by atoms with van der Waals surface area (Å²) < 4.78 is 7.88. The van der Waals surface area contributed by atoms with Crippen LogP contribution in [0.25, 0.3) is 11.3 Å². The second-order valence-corrected chi connectivity index (χ2v) is 7.25. The maximum atomic E-state index is 12.3. The van der Waals surface area contributed by atoms with Crippen LogP contribution in [0.15, 0.2) is 48.5 Å². The summed E-state index contributed by atoms with van der Waals surface area (Å²) in [5.74, 6) is 0.577. The van der Waals surface area contributed by atoms with Crippen LogP contribution in [0.4, 0.5) is 5.69 Å². The zero-order valence-electron chi connectivity index (χ0n) is 16.6. The highest BCUT2D eigenvalue weighted by Gasteiger charge is 2.18. The minimum atomic E-state index is -0.119. The lowest BCUT2D eigenvalue weighted by atomic mass is 10.1. The van der Waals surface area contributed by atoms with Crippen LogP contribution in [0.3, 0.4) is 0 Å². The van der Waals surface area contributed by atoms with E-state index in [0.29, 0.717) is 24.4 Å². The van der Waals surface area contributed by atoms with Gasteiger partial charge in [-0.25, -0.2) is 0 Å². The van der Waals surface area contributed by atoms with Gasteiger partial charge in [-0.05, 0) is 24.3 Å². The number of hydrogen-bond acceptors (Lipinski definition) is 4. The molecule has 0 spiro atoms. The van der Waals surface area contributed by atoms with Crippen LogP contribution < -0.4 is 10.1 Å². The van der Waals surface area contributed by atoms with Crippen molar-refractivity contribution in [3.05, 3.63) is 65.4 Å². The number of rotatable bonds is 3. The Morgan fingerprint density at radius 2 is 1.97 bits per heavy atom. The van der Waals surface area contributed by atoms with Crippen molar-refractivity contribution in [2.75, 3.05) is 19.4 Å². The lowest BCUT2D eigenvalue weighted by Crippen LogP contribution is -2.21. The van der Waals surface area contributed by atoms with Gasteiger partial charge >= 0.3 is 0 Å². The highest BCUT2D eigenvalue weighted by atomic mass is 16.5. The fraction of sp³-hybridized carbons (Fsp3) is 0.227. The molecule has 7 heteroatoms. The Morgan fingerprint density at radius 1 is 1.14 bits per heavy atom. The van der Waals surface area contributed by atoms with E-state index >= 15 is 0 Å². The zero-order chi connectivity index (χ0) is 20.5. The molecule has 0 aliphatic carbocycles. The number of benzene rings is 2. The van der Waals surface area contributed by atoms with Crippen molar-refractivity contribution in [2.45, 2.75) is 20.1 Å². The zero-order valence-corrected chi connectivity index (χ0v) is 16.6. The number of nitrogens with zero attached hydrogens (tertiary/aromatic N) is 3. The fourth-order valence-electron chi connectivity index (χ4n) is 3.33. The highest BCUT2D eigenvalue weighted by Crippen LogP contribution is 2.30. The average Bonchev–Trinajstić information content (AvgIpc) is 3.02. The van der Waals surface area contributed by atoms with Crippen molar-refractivity contribution in [1.82, 2.24) is 14.7 Å². The number of carbonyl (C=O) groups is 2. The van der Waals surface area contributed by atoms with Gasteiger partial charge in [0.05, 0.1) is 17.9 Å². The van der Waals surface area contributed by atoms with Gasteiger partial charge in [0.1, 0.15) is 12.4 Å². The Bertz CT molecular complexity index is 1100. The van der Waals surface area contributed by atoms with Crippen molar-refractivity contribution in [3.8, 4) is 17.0 Å². The van der Waals surface area contributed by atoms with Gasteiger partial charge in [-0.2, -0.15) is 5.10 Å². The Hall–Kier alpha value is -3.61. The van der Waals surface area contributed by atoms with Gasteiger partial charge in [0, 0.05) is 49.5 Å². The van der Waals surface area contributed by atoms with Gasteiger partial charge in [0.25, 0.3) is 5.91 Å². The number of aromatic nitrogens is 2. The quantitative estimate of drug-likeness (QED) is 0.745. The van der Waals surface area contributed by atoms with E-state index < -0.39 is 0 Å². The second-order valence-electron chi connectivity index (χ2n) is 7.25. The molecule has 0 atom stereocenters. The molecule has 2 heterocycles. The summed E-state index contributed by atoms with van der Waals surface area (Å²) in [4.78, 5) is 25.1. The van der Waals surface area contributed by atoms with E-state index in [1.54, 1.807) is 25.1 Å². The molecule has 148 valence electrons. The van der Waals surface area contributed by atoms with Crippen molar-refractivity contribution in [2.24, 2.45) is 0 Å². The molecular weight excluding hydrogens is 368 g/mol. The van der Waals surface area contributed by atoms with Gasteiger partial charge in [-0.3, -0.25) is 14.3 Å². The van der Waals surface area contributed by atoms with Gasteiger partial charge < -0.3 is 15.0 Å². The lowest BCUT2D eigenvalue weighted by Gasteiger charge is -2.11. The smallest absolute Gasteiger partial charge is 0.253 e. The second kappa shape index (κ2) is 7.43. The average molecular weight is 390 g/mol. The minimum absolute atomic E-state index is 0.0418. The van der Waals surface area contributed by atoms with Gasteiger partial charge in [0.15, 0.2) is 0 Å². The van der Waals surface area contributed by atoms with Gasteiger partial charge in [-0.15, -0.1) is 0 Å². The third-order valence-corrected chi connectivity index (χ3v) is 4.76. The van der Waals surface area contributed by atoms with Crippen LogP contribution in [-0.4, -0.2) is 40.6 Å². The molecular formula is C22H22N4O3. The third kappa shape index (κ3) is 3.85. The minimum Gasteiger partial charge on any atom is -0.487 e. The molecule has 1 aromatic heterocycles. The number of nitrogens with one attached hydrogen (secondary N) is 1. The van der Waals surface area contributed by atoms with E-state index in [4.69, 9.17) is 9.84 Å². The van der Waals surface area contributed by atoms with Crippen LogP contribution in [0, 0.1) is 0 Å². The largest absolute Gasteiger partial charge is 0.487 e. The molecule has 29 heavy (non-hydrogen) atoms. The summed E-state index contributed by atoms with van der Waals surface area (Å²) in [6.45, 7) is 2.42. The van der Waals surface area contributed by atoms with Crippen LogP contribution in [-0.2, 0) is 17.9 Å². The highest BCUT2D eigenvalue weighted by molar-refractivity contribution is 5.95. The molecule has 4 rings (SSSR count). The van der Waals surface area contributed by atoms with Crippen LogP contribution >= 0.6 is 0 Å². The maximum Gasteiger partial charge on any atom is 0.253 e. The first-order valence-electron chi connectivity index (χ1n) is 9.33. The topological polar surface area (TPSA) is 76.5 Å². The van der Waals surface area contributed by atoms with E-state index in [-0.39, 0.29) is 11.8 Å². The number of ether oxygens (including phenoxy) is 1. The number of amides is 2. The van der Waals surface area contributed by atoms with Crippen LogP contribution in [0.5, 0.6) is 5.75 Å². The first kappa shape index (κ1) is 18.7. The Labute approximate surface area is 168 Å². The van der Waals surface area contributed by atoms with Gasteiger partial charge in [-0.1, -0.05) is 18.2 Å². The molecule has 0 fully saturated rings. The number of carbonyl (C=O) groups excluding carboxylic acids is 2. The summed E-state index contributed by atoms with van der Waals surface area (Å²) in [7, 11) is 3.47. The molecule has 0 radical (unpaired) electrons. The molecule has 2 aromatic carbocycles. The number of anilines is 1. The van der Waals surface area contributed by atoms with E-state index in [2.05, 4.69) is 5.32 Å². The summed E-state index contributed by atoms with van der Waals surface area (Å²) in [6.07, 6.45) is 0. The first-order valence-corrected chi connectivity index (χ1v) is 9.33. The van der Waals surface area contributed by atoms with Gasteiger partial charge in [0.2, 0.25) is 5.91 Å². The SMILES string of the molecule is CC(=O)Nc1ccc2c(c1)OCc1cc(-c3cccc(C(=O)N(C)C)c3)nn1C2. The van der Waals surface area contributed by atoms with Crippen molar-refractivity contribution < 1.29 is 14.3 Å². The molecule has 1 aliphatic rings. The van der Waals surface area contributed by atoms with Crippen LogP contribution in [0.1, 0.15) is 28.5 Å². The molecule has 7 nitrogen and oxygen atoms in total. The molecule has 1 N–H and O–H groups in total. The molecule has 0 saturated carbocycles. The van der Waals surface area contributed by atoms with Crippen LogP contribution in [0.2, 0.25) is 0 Å². The summed E-state index contributed by atoms with van der Waals surface area (Å²) in [6, 6.07) is 15.1. The standard InChI is InChI=1S/C22H22N4O3/c1-14(27)23-18-8-7-17-12-26-19(13-29-21(17)10-18)11-20(24-26)15-5-4-6-16(9-15)22(28)25(2)3/h4-11H,12-13H2,1-3H3,(H,23,27). The van der Waals surface area contributed by atoms with E-state index in [1.165, 1.54) is 6.92 Å². The Kier molecular flexibility index (Phi) is 4.80. The molecule has 2 amide bonds. The maximum absolute atomic E-state index is 12.3. The predicted octanol–water partition coefficient (Wildman–Crippen LogP) is 3.15. The van der Waals surface area contributed by atoms with Crippen molar-refractivity contribution in [1.29, 1.82) is 0 Å². The normalized spacial score (nSPS) is 12.2. The van der Waals surface area contributed by atoms with E-state index in [1.807, 2.05) is 47.1 Å². The van der Waals surface area contributed by atoms with Crippen molar-refractivity contribution >= 4 is 17.5 Å². The molecule has 0 unspecified atom stereocenters. The monoisotopic (exact) mass is 390 g/mol. The third-order valence-electron chi connectivity index (χ3n) is 4.76. The molecule has 1 aliphatic heterocycles. The van der Waals surface area contributed by atoms with E-state index in [9.17, 15) is 9.59 Å². The summed E-state index contributed by atoms with van der Waals surface area (Å²) in [5, 5.41) is 7.51. The molecule has 0 saturated heterocycles. The Balaban J connectivity index is 1.62. The van der Waals surface area contributed by atoms with Crippen molar-refractivity contribution in [3.63, 3.8) is 0 Å². The first-order chi connectivity index (χ1) is 13.9. The molecule has 0 bridgehead atoms. The Morgan fingerprint density at radius 3 is 2.72 bits per heavy atom. The summed E-state index contributed by atoms with van der Waals surface area (Å²) in [5.41, 5.74) is 4.96. The molecule has 3 aromatic rings. The summed E-state index contributed by atoms with van der Waals surface area (Å²) >= 11 is 0. The predicted molar refractivity (Wildman–Crippen MR) is 110 cm³/mol.